The number of nitrogens with zero attached hydrogens (tertiary/aromatic N) is 2. The smallest absolute Gasteiger partial charge is 0.416 e. The number of anilines is 1. The number of halogens is 3. The maximum absolute atomic E-state index is 12.6. The van der Waals surface area contributed by atoms with Crippen LogP contribution in [-0.4, -0.2) is 25.7 Å². The van der Waals surface area contributed by atoms with Gasteiger partial charge in [-0.1, -0.05) is 18.2 Å². The summed E-state index contributed by atoms with van der Waals surface area (Å²) in [5.74, 6) is -0.478. The van der Waals surface area contributed by atoms with Gasteiger partial charge in [-0.2, -0.15) is 13.2 Å². The van der Waals surface area contributed by atoms with Gasteiger partial charge < -0.3 is 4.74 Å². The first-order valence-electron chi connectivity index (χ1n) is 6.24. The third-order valence-electron chi connectivity index (χ3n) is 2.72. The standard InChI is InChI=1S/C13H12F3N3O3S/c1-22-12-6-5-11(17-18-12)19-23(20,21)8-9-3-2-4-10(7-9)13(14,15)16/h2-7H,8H2,1H3,(H,17,19). The summed E-state index contributed by atoms with van der Waals surface area (Å²) >= 11 is 0. The lowest BCUT2D eigenvalue weighted by Gasteiger charge is -2.10. The van der Waals surface area contributed by atoms with Crippen molar-refractivity contribution in [2.24, 2.45) is 0 Å². The quantitative estimate of drug-likeness (QED) is 0.898. The van der Waals surface area contributed by atoms with Crippen LogP contribution in [0.1, 0.15) is 11.1 Å². The van der Waals surface area contributed by atoms with Crippen molar-refractivity contribution in [3.05, 3.63) is 47.5 Å². The Hall–Kier alpha value is -2.36. The summed E-state index contributed by atoms with van der Waals surface area (Å²) in [5, 5.41) is 7.17. The molecule has 0 atom stereocenters. The summed E-state index contributed by atoms with van der Waals surface area (Å²) in [6, 6.07) is 6.84. The minimum Gasteiger partial charge on any atom is -0.480 e. The van der Waals surface area contributed by atoms with Crippen LogP contribution in [0.5, 0.6) is 5.88 Å². The van der Waals surface area contributed by atoms with Crippen LogP contribution in [0.4, 0.5) is 19.0 Å². The predicted molar refractivity (Wildman–Crippen MR) is 76.3 cm³/mol. The molecular weight excluding hydrogens is 335 g/mol. The van der Waals surface area contributed by atoms with Gasteiger partial charge in [0.15, 0.2) is 5.82 Å². The number of nitrogens with one attached hydrogen (secondary N) is 1. The average Bonchev–Trinajstić information content (AvgIpc) is 2.46. The number of aromatic nitrogens is 2. The first-order chi connectivity index (χ1) is 10.7. The minimum absolute atomic E-state index is 0.00814. The van der Waals surface area contributed by atoms with E-state index in [2.05, 4.69) is 14.9 Å². The second-order valence-corrected chi connectivity index (χ2v) is 6.24. The summed E-state index contributed by atoms with van der Waals surface area (Å²) in [6.45, 7) is 0. The van der Waals surface area contributed by atoms with Crippen LogP contribution in [0, 0.1) is 0 Å². The van der Waals surface area contributed by atoms with E-state index >= 15 is 0 Å². The van der Waals surface area contributed by atoms with E-state index in [1.54, 1.807) is 0 Å². The molecule has 1 aromatic carbocycles. The maximum Gasteiger partial charge on any atom is 0.416 e. The second kappa shape index (κ2) is 6.41. The normalized spacial score (nSPS) is 12.0. The van der Waals surface area contributed by atoms with Crippen molar-refractivity contribution in [3.8, 4) is 5.88 Å². The fourth-order valence-electron chi connectivity index (χ4n) is 1.74. The molecule has 1 aromatic heterocycles. The molecule has 2 aromatic rings. The lowest BCUT2D eigenvalue weighted by Crippen LogP contribution is -2.16. The van der Waals surface area contributed by atoms with Crippen molar-refractivity contribution < 1.29 is 26.3 Å². The highest BCUT2D eigenvalue weighted by molar-refractivity contribution is 7.91. The number of hydrogen-bond donors (Lipinski definition) is 1. The Kier molecular flexibility index (Phi) is 4.73. The molecule has 0 spiro atoms. The van der Waals surface area contributed by atoms with E-state index in [1.807, 2.05) is 0 Å². The summed E-state index contributed by atoms with van der Waals surface area (Å²) in [5.41, 5.74) is -0.900. The van der Waals surface area contributed by atoms with Crippen LogP contribution in [0.2, 0.25) is 0 Å². The number of benzene rings is 1. The molecule has 0 radical (unpaired) electrons. The topological polar surface area (TPSA) is 81.2 Å². The van der Waals surface area contributed by atoms with Gasteiger partial charge in [0.05, 0.1) is 18.4 Å². The molecule has 1 N–H and O–H groups in total. The van der Waals surface area contributed by atoms with E-state index in [0.29, 0.717) is 0 Å². The van der Waals surface area contributed by atoms with Crippen molar-refractivity contribution in [3.63, 3.8) is 0 Å². The van der Waals surface area contributed by atoms with Gasteiger partial charge >= 0.3 is 6.18 Å². The van der Waals surface area contributed by atoms with Crippen molar-refractivity contribution in [2.75, 3.05) is 11.8 Å². The predicted octanol–water partition coefficient (Wildman–Crippen LogP) is 2.45. The first kappa shape index (κ1) is 17.0. The molecule has 1 heterocycles. The number of sulfonamides is 1. The number of rotatable bonds is 5. The zero-order valence-corrected chi connectivity index (χ0v) is 12.6. The number of alkyl halides is 3. The lowest BCUT2D eigenvalue weighted by molar-refractivity contribution is -0.137. The second-order valence-electron chi connectivity index (χ2n) is 4.52. The Bertz CT molecular complexity index is 777. The third kappa shape index (κ3) is 4.81. The molecule has 2 rings (SSSR count). The molecule has 0 aliphatic heterocycles. The van der Waals surface area contributed by atoms with E-state index in [0.717, 1.165) is 18.2 Å². The average molecular weight is 347 g/mol. The van der Waals surface area contributed by atoms with Crippen molar-refractivity contribution in [1.82, 2.24) is 10.2 Å². The van der Waals surface area contributed by atoms with Gasteiger partial charge in [0.1, 0.15) is 0 Å². The summed E-state index contributed by atoms with van der Waals surface area (Å²) < 4.78 is 68.8. The Labute approximate surface area is 130 Å². The lowest BCUT2D eigenvalue weighted by atomic mass is 10.1. The molecule has 0 bridgehead atoms. The SMILES string of the molecule is COc1ccc(NS(=O)(=O)Cc2cccc(C(F)(F)F)c2)nn1. The van der Waals surface area contributed by atoms with Crippen LogP contribution in [0.3, 0.4) is 0 Å². The Morgan fingerprint density at radius 1 is 1.17 bits per heavy atom. The van der Waals surface area contributed by atoms with E-state index in [9.17, 15) is 21.6 Å². The first-order valence-corrected chi connectivity index (χ1v) is 7.89. The van der Waals surface area contributed by atoms with E-state index < -0.39 is 27.5 Å². The Balaban J connectivity index is 2.14. The van der Waals surface area contributed by atoms with Gasteiger partial charge in [0.25, 0.3) is 0 Å². The van der Waals surface area contributed by atoms with E-state index in [-0.39, 0.29) is 17.3 Å². The van der Waals surface area contributed by atoms with Crippen LogP contribution in [0.15, 0.2) is 36.4 Å². The zero-order valence-electron chi connectivity index (χ0n) is 11.8. The van der Waals surface area contributed by atoms with Gasteiger partial charge in [-0.05, 0) is 17.7 Å². The van der Waals surface area contributed by atoms with Crippen molar-refractivity contribution in [1.29, 1.82) is 0 Å². The molecular formula is C13H12F3N3O3S. The summed E-state index contributed by atoms with van der Waals surface area (Å²) in [6.07, 6.45) is -4.53. The molecule has 10 heteroatoms. The largest absolute Gasteiger partial charge is 0.480 e. The molecule has 0 amide bonds. The fourth-order valence-corrected chi connectivity index (χ4v) is 2.85. The number of hydrogen-bond acceptors (Lipinski definition) is 5. The number of methoxy groups -OCH3 is 1. The van der Waals surface area contributed by atoms with Gasteiger partial charge in [0.2, 0.25) is 15.9 Å². The van der Waals surface area contributed by atoms with Gasteiger partial charge in [-0.3, -0.25) is 4.72 Å². The highest BCUT2D eigenvalue weighted by Crippen LogP contribution is 2.29. The highest BCUT2D eigenvalue weighted by atomic mass is 32.2. The minimum atomic E-state index is -4.53. The molecule has 6 nitrogen and oxygen atoms in total. The van der Waals surface area contributed by atoms with Gasteiger partial charge in [0, 0.05) is 6.07 Å². The van der Waals surface area contributed by atoms with E-state index in [1.165, 1.54) is 25.3 Å². The van der Waals surface area contributed by atoms with Crippen molar-refractivity contribution >= 4 is 15.8 Å². The van der Waals surface area contributed by atoms with Gasteiger partial charge in [-0.15, -0.1) is 10.2 Å². The fraction of sp³-hybridized carbons (Fsp3) is 0.231. The molecule has 0 aliphatic carbocycles. The summed E-state index contributed by atoms with van der Waals surface area (Å²) in [7, 11) is -2.55. The van der Waals surface area contributed by atoms with Gasteiger partial charge in [-0.25, -0.2) is 8.42 Å². The molecule has 0 unspecified atom stereocenters. The monoisotopic (exact) mass is 347 g/mol. The Morgan fingerprint density at radius 3 is 2.48 bits per heavy atom. The molecule has 0 fully saturated rings. The third-order valence-corrected chi connectivity index (χ3v) is 3.95. The molecule has 0 saturated carbocycles. The summed E-state index contributed by atoms with van der Waals surface area (Å²) in [4.78, 5) is 0. The molecule has 124 valence electrons. The molecule has 0 aliphatic rings. The highest BCUT2D eigenvalue weighted by Gasteiger charge is 2.30. The van der Waals surface area contributed by atoms with Crippen molar-refractivity contribution in [2.45, 2.75) is 11.9 Å². The van der Waals surface area contributed by atoms with Crippen LogP contribution < -0.4 is 9.46 Å². The number of ether oxygens (including phenoxy) is 1. The van der Waals surface area contributed by atoms with Crippen LogP contribution in [-0.2, 0) is 22.0 Å². The van der Waals surface area contributed by atoms with Crippen LogP contribution >= 0.6 is 0 Å². The Morgan fingerprint density at radius 2 is 1.91 bits per heavy atom. The zero-order chi connectivity index (χ0) is 17.1. The van der Waals surface area contributed by atoms with E-state index in [4.69, 9.17) is 4.74 Å². The molecule has 0 saturated heterocycles. The maximum atomic E-state index is 12.6. The molecule has 23 heavy (non-hydrogen) atoms. The van der Waals surface area contributed by atoms with Crippen LogP contribution in [0.25, 0.3) is 0 Å².